The molecule has 1 aliphatic heterocycles. The van der Waals surface area contributed by atoms with Gasteiger partial charge in [0.05, 0.1) is 6.04 Å². The lowest BCUT2D eigenvalue weighted by Crippen LogP contribution is -2.45. The largest absolute Gasteiger partial charge is 0.356 e. The summed E-state index contributed by atoms with van der Waals surface area (Å²) in [6.07, 6.45) is 3.91. The van der Waals surface area contributed by atoms with Gasteiger partial charge in [0.15, 0.2) is 5.82 Å². The van der Waals surface area contributed by atoms with Crippen LogP contribution in [0.3, 0.4) is 0 Å². The standard InChI is InChI=1S/C22H23N7O/c1-22(2,3)20-19-16(15-6-4-5-7-17(15)25-19)9-11-28(20)21(30)14-8-10-23-18(12-14)29-13-24-26-27-29/h4-8,10,12-13,20,25H,9,11H2,1-3H3. The summed E-state index contributed by atoms with van der Waals surface area (Å²) in [6, 6.07) is 11.8. The molecule has 0 spiro atoms. The van der Waals surface area contributed by atoms with Gasteiger partial charge in [-0.1, -0.05) is 39.0 Å². The van der Waals surface area contributed by atoms with E-state index in [1.807, 2.05) is 11.0 Å². The molecule has 1 aliphatic rings. The highest BCUT2D eigenvalue weighted by Gasteiger charge is 2.40. The molecule has 0 bridgehead atoms. The van der Waals surface area contributed by atoms with E-state index in [1.165, 1.54) is 22.0 Å². The maximum atomic E-state index is 13.6. The lowest BCUT2D eigenvalue weighted by molar-refractivity contribution is 0.0474. The van der Waals surface area contributed by atoms with E-state index in [2.05, 4.69) is 64.5 Å². The van der Waals surface area contributed by atoms with Gasteiger partial charge in [-0.05, 0) is 46.0 Å². The summed E-state index contributed by atoms with van der Waals surface area (Å²) in [7, 11) is 0. The van der Waals surface area contributed by atoms with Gasteiger partial charge in [0.2, 0.25) is 0 Å². The highest BCUT2D eigenvalue weighted by molar-refractivity contribution is 5.95. The first kappa shape index (κ1) is 18.5. The summed E-state index contributed by atoms with van der Waals surface area (Å²) in [6.45, 7) is 7.20. The predicted molar refractivity (Wildman–Crippen MR) is 112 cm³/mol. The minimum absolute atomic E-state index is 0.0176. The third kappa shape index (κ3) is 2.96. The molecule has 4 aromatic rings. The van der Waals surface area contributed by atoms with Crippen LogP contribution >= 0.6 is 0 Å². The number of para-hydroxylation sites is 1. The Labute approximate surface area is 173 Å². The van der Waals surface area contributed by atoms with E-state index >= 15 is 0 Å². The van der Waals surface area contributed by atoms with Gasteiger partial charge in [0.1, 0.15) is 6.33 Å². The number of tetrazole rings is 1. The van der Waals surface area contributed by atoms with Crippen molar-refractivity contribution in [2.75, 3.05) is 6.54 Å². The Bertz CT molecular complexity index is 1220. The van der Waals surface area contributed by atoms with Crippen molar-refractivity contribution in [3.8, 4) is 5.82 Å². The van der Waals surface area contributed by atoms with Crippen molar-refractivity contribution in [2.24, 2.45) is 5.41 Å². The Hall–Kier alpha value is -3.55. The van der Waals surface area contributed by atoms with Crippen LogP contribution in [-0.4, -0.2) is 47.5 Å². The molecule has 8 nitrogen and oxygen atoms in total. The van der Waals surface area contributed by atoms with Gasteiger partial charge in [-0.3, -0.25) is 4.79 Å². The van der Waals surface area contributed by atoms with E-state index in [1.54, 1.807) is 18.3 Å². The SMILES string of the molecule is CC(C)(C)C1c2[nH]c3ccccc3c2CCN1C(=O)c1ccnc(-n2cnnn2)c1. The van der Waals surface area contributed by atoms with Crippen molar-refractivity contribution in [1.82, 2.24) is 35.1 Å². The summed E-state index contributed by atoms with van der Waals surface area (Å²) in [4.78, 5) is 23.5. The van der Waals surface area contributed by atoms with Crippen molar-refractivity contribution < 1.29 is 4.79 Å². The Kier molecular flexibility index (Phi) is 4.16. The maximum Gasteiger partial charge on any atom is 0.254 e. The second-order valence-corrected chi connectivity index (χ2v) is 8.74. The third-order valence-electron chi connectivity index (χ3n) is 5.69. The monoisotopic (exact) mass is 401 g/mol. The quantitative estimate of drug-likeness (QED) is 0.556. The van der Waals surface area contributed by atoms with Crippen molar-refractivity contribution in [1.29, 1.82) is 0 Å². The predicted octanol–water partition coefficient (Wildman–Crippen LogP) is 3.32. The van der Waals surface area contributed by atoms with E-state index in [-0.39, 0.29) is 17.4 Å². The summed E-state index contributed by atoms with van der Waals surface area (Å²) < 4.78 is 1.45. The van der Waals surface area contributed by atoms with Crippen LogP contribution in [0.4, 0.5) is 0 Å². The summed E-state index contributed by atoms with van der Waals surface area (Å²) in [5.74, 6) is 0.498. The van der Waals surface area contributed by atoms with Gasteiger partial charge in [-0.25, -0.2) is 4.98 Å². The lowest BCUT2D eigenvalue weighted by Gasteiger charge is -2.43. The van der Waals surface area contributed by atoms with Crippen LogP contribution in [-0.2, 0) is 6.42 Å². The normalized spacial score (nSPS) is 16.6. The first-order chi connectivity index (χ1) is 14.4. The number of nitrogens with one attached hydrogen (secondary N) is 1. The lowest BCUT2D eigenvalue weighted by atomic mass is 9.79. The molecule has 1 unspecified atom stereocenters. The molecule has 5 rings (SSSR count). The van der Waals surface area contributed by atoms with Gasteiger partial charge >= 0.3 is 0 Å². The molecule has 0 fully saturated rings. The molecule has 4 heterocycles. The number of benzene rings is 1. The number of fused-ring (bicyclic) bond motifs is 3. The van der Waals surface area contributed by atoms with Gasteiger partial charge < -0.3 is 9.88 Å². The number of carbonyl (C=O) groups is 1. The Morgan fingerprint density at radius 3 is 2.80 bits per heavy atom. The number of amides is 1. The molecular weight excluding hydrogens is 378 g/mol. The van der Waals surface area contributed by atoms with Crippen LogP contribution in [0.2, 0.25) is 0 Å². The number of aromatic amines is 1. The number of pyridine rings is 1. The number of hydrogen-bond donors (Lipinski definition) is 1. The highest BCUT2D eigenvalue weighted by atomic mass is 16.2. The molecule has 30 heavy (non-hydrogen) atoms. The topological polar surface area (TPSA) is 92.6 Å². The number of carbonyl (C=O) groups excluding carboxylic acids is 1. The average Bonchev–Trinajstić information content (AvgIpc) is 3.39. The molecule has 0 aliphatic carbocycles. The molecule has 8 heteroatoms. The van der Waals surface area contributed by atoms with Crippen molar-refractivity contribution >= 4 is 16.8 Å². The van der Waals surface area contributed by atoms with Gasteiger partial charge in [-0.2, -0.15) is 4.68 Å². The molecular formula is C22H23N7O. The first-order valence-corrected chi connectivity index (χ1v) is 10.0. The fourth-order valence-corrected chi connectivity index (χ4v) is 4.47. The van der Waals surface area contributed by atoms with Crippen LogP contribution in [0.1, 0.15) is 48.4 Å². The smallest absolute Gasteiger partial charge is 0.254 e. The van der Waals surface area contributed by atoms with Crippen LogP contribution in [0.5, 0.6) is 0 Å². The average molecular weight is 401 g/mol. The Morgan fingerprint density at radius 2 is 2.03 bits per heavy atom. The third-order valence-corrected chi connectivity index (χ3v) is 5.69. The van der Waals surface area contributed by atoms with Crippen molar-refractivity contribution in [3.05, 3.63) is 65.7 Å². The number of H-pyrrole nitrogens is 1. The second-order valence-electron chi connectivity index (χ2n) is 8.74. The molecule has 1 amide bonds. The fraction of sp³-hybridized carbons (Fsp3) is 0.318. The van der Waals surface area contributed by atoms with E-state index < -0.39 is 0 Å². The van der Waals surface area contributed by atoms with E-state index in [9.17, 15) is 4.79 Å². The zero-order valence-electron chi connectivity index (χ0n) is 17.2. The Balaban J connectivity index is 1.57. The highest BCUT2D eigenvalue weighted by Crippen LogP contribution is 2.44. The van der Waals surface area contributed by atoms with Gasteiger partial charge in [0, 0.05) is 34.9 Å². The summed E-state index contributed by atoms with van der Waals surface area (Å²) >= 11 is 0. The maximum absolute atomic E-state index is 13.6. The van der Waals surface area contributed by atoms with Crippen LogP contribution in [0, 0.1) is 5.41 Å². The molecule has 0 saturated carbocycles. The van der Waals surface area contributed by atoms with Crippen molar-refractivity contribution in [2.45, 2.75) is 33.2 Å². The first-order valence-electron chi connectivity index (χ1n) is 10.0. The van der Waals surface area contributed by atoms with E-state index in [0.29, 0.717) is 17.9 Å². The molecule has 0 radical (unpaired) electrons. The molecule has 152 valence electrons. The van der Waals surface area contributed by atoms with Crippen LogP contribution in [0.15, 0.2) is 48.9 Å². The molecule has 1 aromatic carbocycles. The number of rotatable bonds is 2. The van der Waals surface area contributed by atoms with E-state index in [0.717, 1.165) is 17.6 Å². The van der Waals surface area contributed by atoms with Gasteiger partial charge in [-0.15, -0.1) is 5.10 Å². The minimum atomic E-state index is -0.141. The summed E-state index contributed by atoms with van der Waals surface area (Å²) in [5, 5.41) is 12.4. The zero-order valence-corrected chi connectivity index (χ0v) is 17.2. The number of aromatic nitrogens is 6. The molecule has 3 aromatic heterocycles. The number of hydrogen-bond acceptors (Lipinski definition) is 5. The number of nitrogens with zero attached hydrogens (tertiary/aromatic N) is 6. The van der Waals surface area contributed by atoms with E-state index in [4.69, 9.17) is 0 Å². The Morgan fingerprint density at radius 1 is 1.20 bits per heavy atom. The minimum Gasteiger partial charge on any atom is -0.356 e. The molecule has 1 atom stereocenters. The van der Waals surface area contributed by atoms with Crippen LogP contribution in [0.25, 0.3) is 16.7 Å². The molecule has 1 N–H and O–H groups in total. The van der Waals surface area contributed by atoms with Gasteiger partial charge in [0.25, 0.3) is 5.91 Å². The second kappa shape index (κ2) is 6.76. The summed E-state index contributed by atoms with van der Waals surface area (Å²) in [5.41, 5.74) is 4.01. The van der Waals surface area contributed by atoms with Crippen molar-refractivity contribution in [3.63, 3.8) is 0 Å². The zero-order chi connectivity index (χ0) is 20.9. The fourth-order valence-electron chi connectivity index (χ4n) is 4.47. The van der Waals surface area contributed by atoms with Crippen LogP contribution < -0.4 is 0 Å². The molecule has 0 saturated heterocycles.